The Kier molecular flexibility index (Phi) is 7.02. The number of ether oxygens (including phenoxy) is 3. The first-order valence-corrected chi connectivity index (χ1v) is 8.63. The lowest BCUT2D eigenvalue weighted by Crippen LogP contribution is -2.33. The van der Waals surface area contributed by atoms with E-state index >= 15 is 0 Å². The van der Waals surface area contributed by atoms with E-state index in [0.717, 1.165) is 42.9 Å². The molecule has 22 heavy (non-hydrogen) atoms. The highest BCUT2D eigenvalue weighted by Gasteiger charge is 2.16. The molecule has 1 fully saturated rings. The minimum Gasteiger partial charge on any atom is -0.468 e. The quantitative estimate of drug-likeness (QED) is 0.776. The number of hydrogen-bond donors (Lipinski definition) is 1. The maximum Gasteiger partial charge on any atom is 0.323 e. The number of benzene rings is 1. The highest BCUT2D eigenvalue weighted by molar-refractivity contribution is 7.98. The molecule has 5 nitrogen and oxygen atoms in total. The van der Waals surface area contributed by atoms with Crippen LogP contribution in [0.4, 0.5) is 0 Å². The van der Waals surface area contributed by atoms with Gasteiger partial charge in [0, 0.05) is 17.9 Å². The van der Waals surface area contributed by atoms with E-state index in [1.807, 2.05) is 24.3 Å². The van der Waals surface area contributed by atoms with E-state index in [4.69, 9.17) is 15.2 Å². The van der Waals surface area contributed by atoms with Crippen LogP contribution in [0.1, 0.15) is 24.8 Å². The molecular formula is C16H23NO4S. The van der Waals surface area contributed by atoms with Crippen LogP contribution < -0.4 is 10.5 Å². The standard InChI is InChI=1S/C16H23NO4S/c1-19-16(18)14(17)11-22-10-12-5-4-6-13(9-12)21-15-7-2-3-8-20-15/h4-6,9,14-15H,2-3,7-8,10-11,17H2,1H3. The molecule has 1 aliphatic heterocycles. The molecule has 0 aliphatic carbocycles. The lowest BCUT2D eigenvalue weighted by Gasteiger charge is -2.23. The highest BCUT2D eigenvalue weighted by Crippen LogP contribution is 2.22. The smallest absolute Gasteiger partial charge is 0.323 e. The average Bonchev–Trinajstić information content (AvgIpc) is 2.55. The number of carbonyl (C=O) groups is 1. The molecule has 2 rings (SSSR count). The molecule has 0 spiro atoms. The lowest BCUT2D eigenvalue weighted by molar-refractivity contribution is -0.141. The van der Waals surface area contributed by atoms with E-state index < -0.39 is 6.04 Å². The number of esters is 1. The fourth-order valence-electron chi connectivity index (χ4n) is 2.19. The number of carbonyl (C=O) groups excluding carboxylic acids is 1. The van der Waals surface area contributed by atoms with Gasteiger partial charge in [0.1, 0.15) is 11.8 Å². The van der Waals surface area contributed by atoms with Gasteiger partial charge in [-0.3, -0.25) is 4.79 Å². The number of rotatable bonds is 7. The van der Waals surface area contributed by atoms with Crippen molar-refractivity contribution in [2.24, 2.45) is 5.73 Å². The fourth-order valence-corrected chi connectivity index (χ4v) is 3.11. The van der Waals surface area contributed by atoms with Gasteiger partial charge >= 0.3 is 5.97 Å². The average molecular weight is 325 g/mol. The van der Waals surface area contributed by atoms with Crippen LogP contribution in [0.25, 0.3) is 0 Å². The van der Waals surface area contributed by atoms with Crippen LogP contribution in [0.15, 0.2) is 24.3 Å². The van der Waals surface area contributed by atoms with Gasteiger partial charge in [-0.05, 0) is 30.5 Å². The summed E-state index contributed by atoms with van der Waals surface area (Å²) in [4.78, 5) is 11.2. The van der Waals surface area contributed by atoms with E-state index in [2.05, 4.69) is 4.74 Å². The maximum atomic E-state index is 11.2. The third-order valence-electron chi connectivity index (χ3n) is 3.37. The molecule has 6 heteroatoms. The van der Waals surface area contributed by atoms with Gasteiger partial charge in [-0.25, -0.2) is 0 Å². The van der Waals surface area contributed by atoms with E-state index in [1.54, 1.807) is 11.8 Å². The zero-order valence-electron chi connectivity index (χ0n) is 12.8. The molecule has 2 N–H and O–H groups in total. The van der Waals surface area contributed by atoms with Gasteiger partial charge in [-0.2, -0.15) is 11.8 Å². The second-order valence-electron chi connectivity index (χ2n) is 5.21. The molecule has 2 unspecified atom stereocenters. The number of hydrogen-bond acceptors (Lipinski definition) is 6. The van der Waals surface area contributed by atoms with Crippen molar-refractivity contribution in [2.45, 2.75) is 37.3 Å². The van der Waals surface area contributed by atoms with Crippen molar-refractivity contribution in [1.29, 1.82) is 0 Å². The van der Waals surface area contributed by atoms with E-state index in [1.165, 1.54) is 7.11 Å². The van der Waals surface area contributed by atoms with Crippen molar-refractivity contribution in [3.63, 3.8) is 0 Å². The summed E-state index contributed by atoms with van der Waals surface area (Å²) in [5.41, 5.74) is 6.84. The maximum absolute atomic E-state index is 11.2. The summed E-state index contributed by atoms with van der Waals surface area (Å²) in [5.74, 6) is 1.75. The van der Waals surface area contributed by atoms with Crippen LogP contribution in [0.2, 0.25) is 0 Å². The second kappa shape index (κ2) is 9.02. The molecule has 0 amide bonds. The molecule has 0 saturated carbocycles. The summed E-state index contributed by atoms with van der Waals surface area (Å²) in [6.45, 7) is 0.769. The third-order valence-corrected chi connectivity index (χ3v) is 4.51. The molecule has 1 aliphatic rings. The highest BCUT2D eigenvalue weighted by atomic mass is 32.2. The van der Waals surface area contributed by atoms with Crippen LogP contribution in [-0.4, -0.2) is 37.8 Å². The Balaban J connectivity index is 1.79. The first-order valence-electron chi connectivity index (χ1n) is 7.47. The van der Waals surface area contributed by atoms with Crippen molar-refractivity contribution in [3.8, 4) is 5.75 Å². The number of thioether (sulfide) groups is 1. The largest absolute Gasteiger partial charge is 0.468 e. The SMILES string of the molecule is COC(=O)C(N)CSCc1cccc(OC2CCCCO2)c1. The van der Waals surface area contributed by atoms with Crippen molar-refractivity contribution in [1.82, 2.24) is 0 Å². The van der Waals surface area contributed by atoms with Gasteiger partial charge in [-0.15, -0.1) is 0 Å². The summed E-state index contributed by atoms with van der Waals surface area (Å²) in [5, 5.41) is 0. The zero-order valence-corrected chi connectivity index (χ0v) is 13.6. The Morgan fingerprint density at radius 3 is 3.09 bits per heavy atom. The summed E-state index contributed by atoms with van der Waals surface area (Å²) in [6, 6.07) is 7.37. The molecule has 0 radical (unpaired) electrons. The summed E-state index contributed by atoms with van der Waals surface area (Å²) >= 11 is 1.60. The Morgan fingerprint density at radius 1 is 1.50 bits per heavy atom. The van der Waals surface area contributed by atoms with Gasteiger partial charge in [0.25, 0.3) is 0 Å². The van der Waals surface area contributed by atoms with Crippen LogP contribution in [0, 0.1) is 0 Å². The number of methoxy groups -OCH3 is 1. The summed E-state index contributed by atoms with van der Waals surface area (Å²) in [6.07, 6.45) is 3.06. The van der Waals surface area contributed by atoms with E-state index in [0.29, 0.717) is 5.75 Å². The van der Waals surface area contributed by atoms with Crippen molar-refractivity contribution in [3.05, 3.63) is 29.8 Å². The van der Waals surface area contributed by atoms with E-state index in [9.17, 15) is 4.79 Å². The van der Waals surface area contributed by atoms with E-state index in [-0.39, 0.29) is 12.3 Å². The fraction of sp³-hybridized carbons (Fsp3) is 0.562. The minimum atomic E-state index is -0.579. The van der Waals surface area contributed by atoms with Crippen molar-refractivity contribution < 1.29 is 19.0 Å². The molecule has 2 atom stereocenters. The molecular weight excluding hydrogens is 302 g/mol. The predicted octanol–water partition coefficient (Wildman–Crippen LogP) is 2.33. The Morgan fingerprint density at radius 2 is 2.36 bits per heavy atom. The minimum absolute atomic E-state index is 0.135. The van der Waals surface area contributed by atoms with Gasteiger partial charge in [0.05, 0.1) is 13.7 Å². The Hall–Kier alpha value is -1.24. The Labute approximate surface area is 135 Å². The van der Waals surface area contributed by atoms with Crippen LogP contribution in [0.3, 0.4) is 0 Å². The first kappa shape index (κ1) is 17.1. The normalized spacial score (nSPS) is 19.5. The van der Waals surface area contributed by atoms with Gasteiger partial charge in [0.2, 0.25) is 0 Å². The van der Waals surface area contributed by atoms with Gasteiger partial charge in [0.15, 0.2) is 6.29 Å². The topological polar surface area (TPSA) is 70.8 Å². The molecule has 1 aromatic rings. The third kappa shape index (κ3) is 5.51. The first-order chi connectivity index (χ1) is 10.7. The second-order valence-corrected chi connectivity index (χ2v) is 6.24. The molecule has 0 aromatic heterocycles. The number of nitrogens with two attached hydrogens (primary N) is 1. The molecule has 0 bridgehead atoms. The Bertz CT molecular complexity index is 477. The van der Waals surface area contributed by atoms with Crippen LogP contribution >= 0.6 is 11.8 Å². The van der Waals surface area contributed by atoms with Crippen LogP contribution in [-0.2, 0) is 20.0 Å². The summed E-state index contributed by atoms with van der Waals surface area (Å²) < 4.78 is 16.0. The molecule has 1 saturated heterocycles. The summed E-state index contributed by atoms with van der Waals surface area (Å²) in [7, 11) is 1.35. The van der Waals surface area contributed by atoms with Crippen molar-refractivity contribution in [2.75, 3.05) is 19.5 Å². The zero-order chi connectivity index (χ0) is 15.8. The lowest BCUT2D eigenvalue weighted by atomic mass is 10.2. The molecule has 1 aromatic carbocycles. The predicted molar refractivity (Wildman–Crippen MR) is 86.8 cm³/mol. The molecule has 122 valence electrons. The van der Waals surface area contributed by atoms with Crippen LogP contribution in [0.5, 0.6) is 5.75 Å². The van der Waals surface area contributed by atoms with Gasteiger partial charge < -0.3 is 19.9 Å². The molecule has 1 heterocycles. The monoisotopic (exact) mass is 325 g/mol. The van der Waals surface area contributed by atoms with Gasteiger partial charge in [-0.1, -0.05) is 12.1 Å². The van der Waals surface area contributed by atoms with Crippen molar-refractivity contribution >= 4 is 17.7 Å².